The van der Waals surface area contributed by atoms with E-state index < -0.39 is 12.0 Å². The van der Waals surface area contributed by atoms with Gasteiger partial charge in [-0.25, -0.2) is 9.97 Å². The van der Waals surface area contributed by atoms with Gasteiger partial charge >= 0.3 is 6.18 Å². The highest BCUT2D eigenvalue weighted by molar-refractivity contribution is 5.41. The molecule has 8 heteroatoms. The second-order valence-corrected chi connectivity index (χ2v) is 7.22. The van der Waals surface area contributed by atoms with Gasteiger partial charge < -0.3 is 9.64 Å². The molecule has 3 heterocycles. The van der Waals surface area contributed by atoms with Gasteiger partial charge in [0, 0.05) is 37.8 Å². The topological polar surface area (TPSA) is 41.5 Å². The third kappa shape index (κ3) is 3.34. The molecule has 2 aliphatic heterocycles. The summed E-state index contributed by atoms with van der Waals surface area (Å²) < 4.78 is 44.0. The van der Waals surface area contributed by atoms with Gasteiger partial charge in [-0.05, 0) is 36.7 Å². The molecule has 0 amide bonds. The fraction of sp³-hybridized carbons (Fsp3) is 0.474. The van der Waals surface area contributed by atoms with Crippen LogP contribution in [0.5, 0.6) is 5.75 Å². The largest absolute Gasteiger partial charge is 0.497 e. The molecule has 2 aliphatic rings. The first kappa shape index (κ1) is 18.0. The average molecular weight is 378 g/mol. The molecule has 27 heavy (non-hydrogen) atoms. The second kappa shape index (κ2) is 6.67. The van der Waals surface area contributed by atoms with Crippen LogP contribution in [0.15, 0.2) is 36.5 Å². The Morgan fingerprint density at radius 3 is 2.48 bits per heavy atom. The molecule has 0 bridgehead atoms. The van der Waals surface area contributed by atoms with Crippen molar-refractivity contribution < 1.29 is 17.9 Å². The van der Waals surface area contributed by atoms with Gasteiger partial charge in [0.1, 0.15) is 11.6 Å². The standard InChI is InChI=1S/C19H21F3N4O/c1-25-9-13-10-26(16-7-8-23-18(24-16)19(20,21)22)11-15(13)17(25)12-3-5-14(27-2)6-4-12/h3-8,13,15,17H,9-11H2,1-2H3/t13-,15+,17-/m0/s1. The van der Waals surface area contributed by atoms with E-state index in [9.17, 15) is 13.2 Å². The maximum absolute atomic E-state index is 12.9. The number of nitrogens with zero attached hydrogens (tertiary/aromatic N) is 4. The van der Waals surface area contributed by atoms with E-state index in [-0.39, 0.29) is 6.04 Å². The summed E-state index contributed by atoms with van der Waals surface area (Å²) in [7, 11) is 3.74. The van der Waals surface area contributed by atoms with Gasteiger partial charge in [-0.2, -0.15) is 13.2 Å². The summed E-state index contributed by atoms with van der Waals surface area (Å²) >= 11 is 0. The third-order valence-corrected chi connectivity index (χ3v) is 5.57. The first-order valence-electron chi connectivity index (χ1n) is 8.86. The second-order valence-electron chi connectivity index (χ2n) is 7.22. The molecule has 2 fully saturated rings. The van der Waals surface area contributed by atoms with Gasteiger partial charge in [0.15, 0.2) is 0 Å². The molecular formula is C19H21F3N4O. The number of hydrogen-bond acceptors (Lipinski definition) is 5. The van der Waals surface area contributed by atoms with E-state index in [1.165, 1.54) is 11.8 Å². The van der Waals surface area contributed by atoms with Gasteiger partial charge in [0.05, 0.1) is 7.11 Å². The Morgan fingerprint density at radius 2 is 1.81 bits per heavy atom. The van der Waals surface area contributed by atoms with E-state index in [1.807, 2.05) is 17.0 Å². The highest BCUT2D eigenvalue weighted by Gasteiger charge is 2.46. The quantitative estimate of drug-likeness (QED) is 0.820. The van der Waals surface area contributed by atoms with Crippen LogP contribution in [0.3, 0.4) is 0 Å². The van der Waals surface area contributed by atoms with E-state index in [1.54, 1.807) is 13.2 Å². The SMILES string of the molecule is COc1ccc([C@H]2[C@@H]3CN(c4ccnc(C(F)(F)F)n4)C[C@@H]3CN2C)cc1. The Hall–Kier alpha value is -2.35. The summed E-state index contributed by atoms with van der Waals surface area (Å²) in [4.78, 5) is 11.4. The third-order valence-electron chi connectivity index (χ3n) is 5.57. The molecule has 1 aromatic heterocycles. The van der Waals surface area contributed by atoms with E-state index in [2.05, 4.69) is 34.0 Å². The number of methoxy groups -OCH3 is 1. The first-order valence-corrected chi connectivity index (χ1v) is 8.86. The van der Waals surface area contributed by atoms with Crippen molar-refractivity contribution in [3.05, 3.63) is 47.9 Å². The van der Waals surface area contributed by atoms with Crippen molar-refractivity contribution in [2.24, 2.45) is 11.8 Å². The molecule has 5 nitrogen and oxygen atoms in total. The van der Waals surface area contributed by atoms with Gasteiger partial charge in [-0.1, -0.05) is 12.1 Å². The number of benzene rings is 1. The van der Waals surface area contributed by atoms with Gasteiger partial charge in [0.2, 0.25) is 5.82 Å². The van der Waals surface area contributed by atoms with Crippen molar-refractivity contribution in [1.29, 1.82) is 0 Å². The van der Waals surface area contributed by atoms with E-state index in [0.29, 0.717) is 30.7 Å². The number of likely N-dealkylation sites (tertiary alicyclic amines) is 1. The van der Waals surface area contributed by atoms with E-state index in [0.717, 1.165) is 12.3 Å². The highest BCUT2D eigenvalue weighted by Crippen LogP contribution is 2.45. The number of alkyl halides is 3. The van der Waals surface area contributed by atoms with Crippen LogP contribution in [0.1, 0.15) is 17.4 Å². The molecule has 0 saturated carbocycles. The normalized spacial score (nSPS) is 25.7. The maximum atomic E-state index is 12.9. The Kier molecular flexibility index (Phi) is 4.46. The van der Waals surface area contributed by atoms with Gasteiger partial charge in [-0.15, -0.1) is 0 Å². The average Bonchev–Trinajstić information content (AvgIpc) is 3.18. The lowest BCUT2D eigenvalue weighted by Gasteiger charge is -2.27. The number of rotatable bonds is 3. The summed E-state index contributed by atoms with van der Waals surface area (Å²) in [6.45, 7) is 2.30. The van der Waals surface area contributed by atoms with Gasteiger partial charge in [0.25, 0.3) is 0 Å². The van der Waals surface area contributed by atoms with Crippen molar-refractivity contribution in [1.82, 2.24) is 14.9 Å². The smallest absolute Gasteiger partial charge is 0.451 e. The molecule has 0 radical (unpaired) electrons. The van der Waals surface area contributed by atoms with Crippen molar-refractivity contribution in [2.45, 2.75) is 12.2 Å². The van der Waals surface area contributed by atoms with Crippen LogP contribution < -0.4 is 9.64 Å². The molecule has 0 unspecified atom stereocenters. The molecular weight excluding hydrogens is 357 g/mol. The molecule has 144 valence electrons. The Labute approximate surface area is 155 Å². The summed E-state index contributed by atoms with van der Waals surface area (Å²) in [5, 5.41) is 0. The van der Waals surface area contributed by atoms with Crippen LogP contribution in [0.25, 0.3) is 0 Å². The van der Waals surface area contributed by atoms with Crippen molar-refractivity contribution >= 4 is 5.82 Å². The molecule has 1 aromatic carbocycles. The first-order chi connectivity index (χ1) is 12.9. The maximum Gasteiger partial charge on any atom is 0.451 e. The van der Waals surface area contributed by atoms with Crippen molar-refractivity contribution in [3.8, 4) is 5.75 Å². The van der Waals surface area contributed by atoms with Crippen molar-refractivity contribution in [3.63, 3.8) is 0 Å². The van der Waals surface area contributed by atoms with Crippen LogP contribution in [0, 0.1) is 11.8 Å². The number of hydrogen-bond donors (Lipinski definition) is 0. The Balaban J connectivity index is 1.56. The number of ether oxygens (including phenoxy) is 1. The van der Waals surface area contributed by atoms with E-state index in [4.69, 9.17) is 4.74 Å². The Bertz CT molecular complexity index is 811. The molecule has 3 atom stereocenters. The zero-order valence-corrected chi connectivity index (χ0v) is 15.1. The molecule has 0 N–H and O–H groups in total. The van der Waals surface area contributed by atoms with Crippen LogP contribution in [0.2, 0.25) is 0 Å². The number of anilines is 1. The van der Waals surface area contributed by atoms with Crippen molar-refractivity contribution in [2.75, 3.05) is 38.7 Å². The van der Waals surface area contributed by atoms with Crippen LogP contribution in [0.4, 0.5) is 19.0 Å². The molecule has 0 spiro atoms. The fourth-order valence-corrected chi connectivity index (χ4v) is 4.41. The number of fused-ring (bicyclic) bond motifs is 1. The summed E-state index contributed by atoms with van der Waals surface area (Å²) in [6, 6.07) is 9.82. The molecule has 2 aromatic rings. The summed E-state index contributed by atoms with van der Waals surface area (Å²) in [5.41, 5.74) is 1.20. The predicted molar refractivity (Wildman–Crippen MR) is 94.6 cm³/mol. The minimum absolute atomic E-state index is 0.231. The number of aromatic nitrogens is 2. The predicted octanol–water partition coefficient (Wildman–Crippen LogP) is 3.24. The lowest BCUT2D eigenvalue weighted by atomic mass is 9.89. The highest BCUT2D eigenvalue weighted by atomic mass is 19.4. The van der Waals surface area contributed by atoms with Crippen LogP contribution in [-0.4, -0.2) is 48.7 Å². The zero-order chi connectivity index (χ0) is 19.2. The van der Waals surface area contributed by atoms with Gasteiger partial charge in [-0.3, -0.25) is 4.90 Å². The minimum atomic E-state index is -4.53. The minimum Gasteiger partial charge on any atom is -0.497 e. The molecule has 2 saturated heterocycles. The van der Waals surface area contributed by atoms with Crippen LogP contribution >= 0.6 is 0 Å². The fourth-order valence-electron chi connectivity index (χ4n) is 4.41. The monoisotopic (exact) mass is 378 g/mol. The van der Waals surface area contributed by atoms with Crippen LogP contribution in [-0.2, 0) is 6.18 Å². The summed E-state index contributed by atoms with van der Waals surface area (Å²) in [5.74, 6) is 0.813. The lowest BCUT2D eigenvalue weighted by Crippen LogP contribution is -2.30. The molecule has 4 rings (SSSR count). The number of halogens is 3. The van der Waals surface area contributed by atoms with E-state index >= 15 is 0 Å². The Morgan fingerprint density at radius 1 is 1.07 bits per heavy atom. The lowest BCUT2D eigenvalue weighted by molar-refractivity contribution is -0.144. The summed E-state index contributed by atoms with van der Waals surface area (Å²) in [6.07, 6.45) is -3.34. The zero-order valence-electron chi connectivity index (χ0n) is 15.1. The molecule has 0 aliphatic carbocycles.